The predicted octanol–water partition coefficient (Wildman–Crippen LogP) is 4.27. The minimum atomic E-state index is 0. The maximum absolute atomic E-state index is 13.1. The fraction of sp³-hybridized carbons (Fsp3) is 0.320. The quantitative estimate of drug-likeness (QED) is 0.476. The molecule has 8 heteroatoms. The number of nitrogens with one attached hydrogen (secondary N) is 2. The van der Waals surface area contributed by atoms with Gasteiger partial charge in [0.25, 0.3) is 5.91 Å². The number of aromatic nitrogens is 4. The van der Waals surface area contributed by atoms with Crippen molar-refractivity contribution in [3.8, 4) is 11.1 Å². The summed E-state index contributed by atoms with van der Waals surface area (Å²) in [7, 11) is 1.84. The summed E-state index contributed by atoms with van der Waals surface area (Å²) in [5.74, 6) is 0.0345. The number of pyridine rings is 1. The van der Waals surface area contributed by atoms with Gasteiger partial charge in [-0.05, 0) is 72.3 Å². The van der Waals surface area contributed by atoms with Crippen molar-refractivity contribution in [2.45, 2.75) is 38.9 Å². The van der Waals surface area contributed by atoms with Crippen molar-refractivity contribution in [1.29, 1.82) is 0 Å². The molecule has 33 heavy (non-hydrogen) atoms. The highest BCUT2D eigenvalue weighted by Gasteiger charge is 2.30. The fourth-order valence-corrected chi connectivity index (χ4v) is 5.12. The second kappa shape index (κ2) is 8.32. The van der Waals surface area contributed by atoms with Gasteiger partial charge in [0.05, 0.1) is 11.8 Å². The maximum Gasteiger partial charge on any atom is 0.257 e. The summed E-state index contributed by atoms with van der Waals surface area (Å²) in [6, 6.07) is 7.11. The van der Waals surface area contributed by atoms with Crippen molar-refractivity contribution in [3.63, 3.8) is 0 Å². The zero-order valence-corrected chi connectivity index (χ0v) is 19.6. The molecule has 6 rings (SSSR count). The molecule has 7 nitrogen and oxygen atoms in total. The fourth-order valence-electron chi connectivity index (χ4n) is 5.12. The number of hydrogen-bond donors (Lipinski definition) is 2. The Morgan fingerprint density at radius 1 is 1.15 bits per heavy atom. The largest absolute Gasteiger partial charge is 0.346 e. The Balaban J connectivity index is 0.00000228. The van der Waals surface area contributed by atoms with Gasteiger partial charge in [-0.2, -0.15) is 5.10 Å². The van der Waals surface area contributed by atoms with Crippen LogP contribution in [0.5, 0.6) is 0 Å². The summed E-state index contributed by atoms with van der Waals surface area (Å²) in [4.78, 5) is 22.9. The molecule has 0 spiro atoms. The molecule has 5 heterocycles. The van der Waals surface area contributed by atoms with Crippen LogP contribution in [0.25, 0.3) is 22.2 Å². The lowest BCUT2D eigenvalue weighted by molar-refractivity contribution is 0.0751. The van der Waals surface area contributed by atoms with E-state index in [0.717, 1.165) is 35.1 Å². The Kier molecular flexibility index (Phi) is 5.46. The van der Waals surface area contributed by atoms with Gasteiger partial charge in [0, 0.05) is 55.7 Å². The van der Waals surface area contributed by atoms with Gasteiger partial charge in [-0.1, -0.05) is 0 Å². The minimum absolute atomic E-state index is 0. The Bertz CT molecular complexity index is 1350. The number of carbonyl (C=O) groups excluding carboxylic acids is 1. The molecule has 0 radical (unpaired) electrons. The molecule has 2 aliphatic rings. The topological polar surface area (TPSA) is 78.8 Å². The van der Waals surface area contributed by atoms with Crippen LogP contribution < -0.4 is 5.32 Å². The molecule has 4 aromatic rings. The monoisotopic (exact) mass is 462 g/mol. The van der Waals surface area contributed by atoms with E-state index in [1.165, 1.54) is 28.7 Å². The lowest BCUT2D eigenvalue weighted by atomic mass is 9.91. The number of fused-ring (bicyclic) bond motifs is 2. The standard InChI is InChI=1S/C25H26N6O.ClH/c1-15-9-27-24-20(15)8-17(10-28-24)16-6-18-13-31(25(32)19-11-29-30(2)12-19)14-22(18)21(7-16)23-4-3-5-26-23;/h6-12,23,26H,3-5,13-14H2,1-2H3,(H,27,28);1H/t23-;/m0./s1. The van der Waals surface area contributed by atoms with Gasteiger partial charge in [-0.15, -0.1) is 12.4 Å². The van der Waals surface area contributed by atoms with E-state index in [4.69, 9.17) is 0 Å². The van der Waals surface area contributed by atoms with E-state index in [9.17, 15) is 4.79 Å². The molecule has 0 saturated carbocycles. The number of halogens is 1. The van der Waals surface area contributed by atoms with Crippen LogP contribution >= 0.6 is 12.4 Å². The van der Waals surface area contributed by atoms with Crippen LogP contribution in [0, 0.1) is 6.92 Å². The predicted molar refractivity (Wildman–Crippen MR) is 130 cm³/mol. The number of carbonyl (C=O) groups is 1. The zero-order chi connectivity index (χ0) is 21.8. The molecule has 0 aliphatic carbocycles. The van der Waals surface area contributed by atoms with Crippen LogP contribution in [0.2, 0.25) is 0 Å². The first-order valence-corrected chi connectivity index (χ1v) is 11.2. The zero-order valence-electron chi connectivity index (χ0n) is 18.8. The van der Waals surface area contributed by atoms with Gasteiger partial charge in [-0.25, -0.2) is 4.98 Å². The molecule has 2 aliphatic heterocycles. The van der Waals surface area contributed by atoms with Crippen LogP contribution in [-0.4, -0.2) is 37.1 Å². The average molecular weight is 463 g/mol. The Morgan fingerprint density at radius 2 is 2.03 bits per heavy atom. The normalized spacial score (nSPS) is 17.4. The molecule has 2 N–H and O–H groups in total. The van der Waals surface area contributed by atoms with Gasteiger partial charge < -0.3 is 15.2 Å². The summed E-state index contributed by atoms with van der Waals surface area (Å²) < 4.78 is 1.68. The first-order valence-electron chi connectivity index (χ1n) is 11.2. The van der Waals surface area contributed by atoms with Gasteiger partial charge in [0.15, 0.2) is 0 Å². The number of H-pyrrole nitrogens is 1. The van der Waals surface area contributed by atoms with Crippen molar-refractivity contribution in [2.75, 3.05) is 6.54 Å². The second-order valence-electron chi connectivity index (χ2n) is 9.01. The molecule has 1 amide bonds. The molecule has 3 aromatic heterocycles. The molecule has 1 fully saturated rings. The number of aryl methyl sites for hydroxylation is 2. The molecule has 1 saturated heterocycles. The van der Waals surface area contributed by atoms with E-state index in [1.807, 2.05) is 24.3 Å². The SMILES string of the molecule is Cc1c[nH]c2ncc(-c3cc4c(c([C@@H]5CCCN5)c3)CN(C(=O)c3cnn(C)c3)C4)cc12.Cl. The molecular formula is C25H27ClN6O. The number of aromatic amines is 1. The summed E-state index contributed by atoms with van der Waals surface area (Å²) in [5.41, 5.74) is 8.87. The molecular weight excluding hydrogens is 436 g/mol. The van der Waals surface area contributed by atoms with Gasteiger partial charge in [-0.3, -0.25) is 9.48 Å². The van der Waals surface area contributed by atoms with Crippen molar-refractivity contribution >= 4 is 29.3 Å². The Hall–Kier alpha value is -3.16. The van der Waals surface area contributed by atoms with E-state index >= 15 is 0 Å². The van der Waals surface area contributed by atoms with Crippen LogP contribution in [-0.2, 0) is 20.1 Å². The summed E-state index contributed by atoms with van der Waals surface area (Å²) in [6.07, 6.45) is 9.69. The highest BCUT2D eigenvalue weighted by molar-refractivity contribution is 5.94. The molecule has 0 unspecified atom stereocenters. The molecule has 1 aromatic carbocycles. The third-order valence-corrected chi connectivity index (χ3v) is 6.83. The third-order valence-electron chi connectivity index (χ3n) is 6.83. The summed E-state index contributed by atoms with van der Waals surface area (Å²) in [6.45, 7) is 4.40. The van der Waals surface area contributed by atoms with Gasteiger partial charge >= 0.3 is 0 Å². The lowest BCUT2D eigenvalue weighted by Gasteiger charge is -2.18. The second-order valence-corrected chi connectivity index (χ2v) is 9.01. The number of benzene rings is 1. The summed E-state index contributed by atoms with van der Waals surface area (Å²) >= 11 is 0. The van der Waals surface area contributed by atoms with Crippen LogP contribution in [0.4, 0.5) is 0 Å². The maximum atomic E-state index is 13.1. The highest BCUT2D eigenvalue weighted by atomic mass is 35.5. The van der Waals surface area contributed by atoms with E-state index in [1.54, 1.807) is 17.1 Å². The highest BCUT2D eigenvalue weighted by Crippen LogP contribution is 2.38. The molecule has 0 bridgehead atoms. The summed E-state index contributed by atoms with van der Waals surface area (Å²) in [5, 5.41) is 8.98. The van der Waals surface area contributed by atoms with E-state index in [0.29, 0.717) is 24.7 Å². The van der Waals surface area contributed by atoms with Crippen LogP contribution in [0.3, 0.4) is 0 Å². The number of nitrogens with zero attached hydrogens (tertiary/aromatic N) is 4. The van der Waals surface area contributed by atoms with Crippen molar-refractivity contribution in [1.82, 2.24) is 30.0 Å². The Morgan fingerprint density at radius 3 is 2.79 bits per heavy atom. The third kappa shape index (κ3) is 3.71. The number of rotatable bonds is 3. The van der Waals surface area contributed by atoms with E-state index < -0.39 is 0 Å². The van der Waals surface area contributed by atoms with E-state index in [2.05, 4.69) is 45.5 Å². The molecule has 1 atom stereocenters. The van der Waals surface area contributed by atoms with Crippen molar-refractivity contribution in [3.05, 3.63) is 70.8 Å². The number of hydrogen-bond acceptors (Lipinski definition) is 4. The minimum Gasteiger partial charge on any atom is -0.346 e. The van der Waals surface area contributed by atoms with Crippen molar-refractivity contribution in [2.24, 2.45) is 7.05 Å². The molecule has 170 valence electrons. The van der Waals surface area contributed by atoms with Gasteiger partial charge in [0.1, 0.15) is 5.65 Å². The van der Waals surface area contributed by atoms with Crippen LogP contribution in [0.15, 0.2) is 43.0 Å². The average Bonchev–Trinajstić information content (AvgIpc) is 3.59. The van der Waals surface area contributed by atoms with Crippen LogP contribution in [0.1, 0.15) is 51.5 Å². The van der Waals surface area contributed by atoms with Gasteiger partial charge in [0.2, 0.25) is 0 Å². The first-order chi connectivity index (χ1) is 15.6. The van der Waals surface area contributed by atoms with Crippen molar-refractivity contribution < 1.29 is 4.79 Å². The Labute approximate surface area is 198 Å². The number of amides is 1. The lowest BCUT2D eigenvalue weighted by Crippen LogP contribution is -2.25. The van der Waals surface area contributed by atoms with E-state index in [-0.39, 0.29) is 18.3 Å². The first kappa shape index (κ1) is 21.7. The smallest absolute Gasteiger partial charge is 0.257 e.